The van der Waals surface area contributed by atoms with Crippen molar-refractivity contribution < 1.29 is 4.74 Å². The second-order valence-corrected chi connectivity index (χ2v) is 3.97. The molecule has 0 aliphatic carbocycles. The summed E-state index contributed by atoms with van der Waals surface area (Å²) in [5.74, 6) is 1.42. The topological polar surface area (TPSA) is 48.1 Å². The molecule has 3 heteroatoms. The zero-order chi connectivity index (χ0) is 12.4. The number of hydrogen-bond donors (Lipinski definition) is 1. The van der Waals surface area contributed by atoms with Crippen molar-refractivity contribution in [1.82, 2.24) is 4.98 Å². The second-order valence-electron chi connectivity index (χ2n) is 3.97. The van der Waals surface area contributed by atoms with Crippen LogP contribution in [0.4, 0.5) is 5.69 Å². The molecule has 1 aromatic heterocycles. The van der Waals surface area contributed by atoms with Crippen LogP contribution in [0.15, 0.2) is 60.8 Å². The predicted molar refractivity (Wildman–Crippen MR) is 72.7 cm³/mol. The summed E-state index contributed by atoms with van der Waals surface area (Å²) >= 11 is 0. The molecule has 2 N–H and O–H groups in total. The molecule has 2 aromatic carbocycles. The fourth-order valence-corrected chi connectivity index (χ4v) is 1.85. The van der Waals surface area contributed by atoms with Crippen molar-refractivity contribution in [3.8, 4) is 11.5 Å². The predicted octanol–water partition coefficient (Wildman–Crippen LogP) is 3.61. The third kappa shape index (κ3) is 1.86. The van der Waals surface area contributed by atoms with Gasteiger partial charge in [-0.1, -0.05) is 30.3 Å². The van der Waals surface area contributed by atoms with Crippen molar-refractivity contribution >= 4 is 16.6 Å². The molecule has 3 aromatic rings. The molecule has 3 rings (SSSR count). The summed E-state index contributed by atoms with van der Waals surface area (Å²) in [4.78, 5) is 4.28. The number of nitrogens with zero attached hydrogens (tertiary/aromatic N) is 1. The van der Waals surface area contributed by atoms with Gasteiger partial charge in [0.1, 0.15) is 5.75 Å². The Balaban J connectivity index is 2.13. The summed E-state index contributed by atoms with van der Waals surface area (Å²) in [6.45, 7) is 0. The van der Waals surface area contributed by atoms with Gasteiger partial charge in [-0.15, -0.1) is 0 Å². The Hall–Kier alpha value is -2.55. The van der Waals surface area contributed by atoms with Gasteiger partial charge in [0.2, 0.25) is 0 Å². The lowest BCUT2D eigenvalue weighted by atomic mass is 10.2. The van der Waals surface area contributed by atoms with Crippen LogP contribution in [-0.2, 0) is 0 Å². The van der Waals surface area contributed by atoms with Crippen molar-refractivity contribution in [1.29, 1.82) is 0 Å². The lowest BCUT2D eigenvalue weighted by molar-refractivity contribution is 0.490. The van der Waals surface area contributed by atoms with Gasteiger partial charge < -0.3 is 10.5 Å². The number of nitrogen functional groups attached to an aromatic ring is 1. The average molecular weight is 236 g/mol. The third-order valence-corrected chi connectivity index (χ3v) is 2.72. The lowest BCUT2D eigenvalue weighted by Crippen LogP contribution is -1.94. The molecule has 18 heavy (non-hydrogen) atoms. The van der Waals surface area contributed by atoms with Gasteiger partial charge in [-0.25, -0.2) is 0 Å². The third-order valence-electron chi connectivity index (χ3n) is 2.72. The summed E-state index contributed by atoms with van der Waals surface area (Å²) in [6.07, 6.45) is 1.63. The Kier molecular flexibility index (Phi) is 2.57. The van der Waals surface area contributed by atoms with E-state index in [1.165, 1.54) is 0 Å². The van der Waals surface area contributed by atoms with Gasteiger partial charge in [0.15, 0.2) is 5.75 Å². The highest BCUT2D eigenvalue weighted by Crippen LogP contribution is 2.33. The number of fused-ring (bicyclic) bond motifs is 1. The van der Waals surface area contributed by atoms with Crippen LogP contribution in [0.25, 0.3) is 10.9 Å². The van der Waals surface area contributed by atoms with Crippen LogP contribution in [0.2, 0.25) is 0 Å². The fraction of sp³-hybridized carbons (Fsp3) is 0. The summed E-state index contributed by atoms with van der Waals surface area (Å²) in [5, 5.41) is 0.918. The number of ether oxygens (including phenoxy) is 1. The zero-order valence-corrected chi connectivity index (χ0v) is 9.71. The molecule has 0 aliphatic rings. The van der Waals surface area contributed by atoms with E-state index in [1.807, 2.05) is 54.6 Å². The van der Waals surface area contributed by atoms with Crippen molar-refractivity contribution in [2.24, 2.45) is 0 Å². The molecule has 3 nitrogen and oxygen atoms in total. The first-order chi connectivity index (χ1) is 8.84. The Bertz CT molecular complexity index is 680. The standard InChI is InChI=1S/C15H12N2O/c16-13-10-17-14-9-5-4-8-12(14)15(13)18-11-6-2-1-3-7-11/h1-10H,16H2. The molecule has 0 spiro atoms. The van der Waals surface area contributed by atoms with E-state index in [-0.39, 0.29) is 0 Å². The minimum absolute atomic E-state index is 0.539. The molecule has 0 saturated heterocycles. The second kappa shape index (κ2) is 4.37. The summed E-state index contributed by atoms with van der Waals surface area (Å²) < 4.78 is 5.86. The maximum Gasteiger partial charge on any atom is 0.161 e. The number of pyridine rings is 1. The van der Waals surface area contributed by atoms with Gasteiger partial charge in [0.25, 0.3) is 0 Å². The maximum absolute atomic E-state index is 5.95. The largest absolute Gasteiger partial charge is 0.454 e. The van der Waals surface area contributed by atoms with Crippen LogP contribution in [-0.4, -0.2) is 4.98 Å². The molecular weight excluding hydrogens is 224 g/mol. The maximum atomic E-state index is 5.95. The van der Waals surface area contributed by atoms with Gasteiger partial charge in [-0.05, 0) is 24.3 Å². The van der Waals surface area contributed by atoms with Gasteiger partial charge in [-0.3, -0.25) is 4.98 Å². The molecule has 0 saturated carbocycles. The Labute approximate surface area is 105 Å². The number of rotatable bonds is 2. The van der Waals surface area contributed by atoms with Crippen LogP contribution in [0.3, 0.4) is 0 Å². The van der Waals surface area contributed by atoms with E-state index in [0.717, 1.165) is 16.7 Å². The van der Waals surface area contributed by atoms with Crippen molar-refractivity contribution in [3.05, 3.63) is 60.8 Å². The SMILES string of the molecule is Nc1cnc2ccccc2c1Oc1ccccc1. The number of anilines is 1. The monoisotopic (exact) mass is 236 g/mol. The van der Waals surface area contributed by atoms with Crippen molar-refractivity contribution in [3.63, 3.8) is 0 Å². The van der Waals surface area contributed by atoms with Crippen LogP contribution < -0.4 is 10.5 Å². The number of hydrogen-bond acceptors (Lipinski definition) is 3. The normalized spacial score (nSPS) is 10.4. The minimum Gasteiger partial charge on any atom is -0.454 e. The molecule has 0 unspecified atom stereocenters. The van der Waals surface area contributed by atoms with E-state index >= 15 is 0 Å². The smallest absolute Gasteiger partial charge is 0.161 e. The highest BCUT2D eigenvalue weighted by molar-refractivity contribution is 5.89. The first-order valence-corrected chi connectivity index (χ1v) is 5.71. The van der Waals surface area contributed by atoms with Gasteiger partial charge in [0, 0.05) is 5.39 Å². The average Bonchev–Trinajstić information content (AvgIpc) is 2.43. The van der Waals surface area contributed by atoms with E-state index < -0.39 is 0 Å². The molecule has 0 aliphatic heterocycles. The first kappa shape index (κ1) is 10.6. The van der Waals surface area contributed by atoms with E-state index in [2.05, 4.69) is 4.98 Å². The minimum atomic E-state index is 0.539. The zero-order valence-electron chi connectivity index (χ0n) is 9.71. The van der Waals surface area contributed by atoms with Gasteiger partial charge >= 0.3 is 0 Å². The summed E-state index contributed by atoms with van der Waals surface area (Å²) in [6, 6.07) is 17.4. The molecule has 1 heterocycles. The van der Waals surface area contributed by atoms with E-state index in [9.17, 15) is 0 Å². The number of nitrogens with two attached hydrogens (primary N) is 1. The Morgan fingerprint density at radius 1 is 0.889 bits per heavy atom. The van der Waals surface area contributed by atoms with E-state index in [0.29, 0.717) is 11.4 Å². The summed E-state index contributed by atoms with van der Waals surface area (Å²) in [5.41, 5.74) is 7.36. The van der Waals surface area contributed by atoms with Crippen molar-refractivity contribution in [2.75, 3.05) is 5.73 Å². The molecule has 0 atom stereocenters. The van der Waals surface area contributed by atoms with Crippen LogP contribution >= 0.6 is 0 Å². The highest BCUT2D eigenvalue weighted by atomic mass is 16.5. The quantitative estimate of drug-likeness (QED) is 0.739. The highest BCUT2D eigenvalue weighted by Gasteiger charge is 2.08. The molecular formula is C15H12N2O. The van der Waals surface area contributed by atoms with E-state index in [4.69, 9.17) is 10.5 Å². The molecule has 0 fully saturated rings. The van der Waals surface area contributed by atoms with Crippen LogP contribution in [0.1, 0.15) is 0 Å². The molecule has 0 radical (unpaired) electrons. The Morgan fingerprint density at radius 3 is 2.44 bits per heavy atom. The summed E-state index contributed by atoms with van der Waals surface area (Å²) in [7, 11) is 0. The van der Waals surface area contributed by atoms with Crippen LogP contribution in [0.5, 0.6) is 11.5 Å². The first-order valence-electron chi connectivity index (χ1n) is 5.71. The van der Waals surface area contributed by atoms with E-state index in [1.54, 1.807) is 6.20 Å². The lowest BCUT2D eigenvalue weighted by Gasteiger charge is -2.10. The molecule has 0 bridgehead atoms. The fourth-order valence-electron chi connectivity index (χ4n) is 1.85. The number of para-hydroxylation sites is 2. The Morgan fingerprint density at radius 2 is 1.61 bits per heavy atom. The number of aromatic nitrogens is 1. The molecule has 0 amide bonds. The van der Waals surface area contributed by atoms with Crippen molar-refractivity contribution in [2.45, 2.75) is 0 Å². The molecule has 88 valence electrons. The van der Waals surface area contributed by atoms with Gasteiger partial charge in [-0.2, -0.15) is 0 Å². The van der Waals surface area contributed by atoms with Crippen LogP contribution in [0, 0.1) is 0 Å². The number of benzene rings is 2. The van der Waals surface area contributed by atoms with Gasteiger partial charge in [0.05, 0.1) is 17.4 Å².